The molecule has 1 aromatic heterocycles. The van der Waals surface area contributed by atoms with Gasteiger partial charge in [-0.15, -0.1) is 0 Å². The van der Waals surface area contributed by atoms with Gasteiger partial charge in [0.2, 0.25) is 5.91 Å². The van der Waals surface area contributed by atoms with Crippen molar-refractivity contribution in [3.05, 3.63) is 64.9 Å². The molecule has 2 heterocycles. The number of hydrogen-bond donors (Lipinski definition) is 1. The molecule has 8 heteroatoms. The molecule has 0 aliphatic carbocycles. The molecule has 1 N–H and O–H groups in total. The first-order valence-electron chi connectivity index (χ1n) is 10.4. The highest BCUT2D eigenvalue weighted by atomic mass is 32.1. The third-order valence-corrected chi connectivity index (χ3v) is 6.06. The number of carbonyl (C=O) groups is 1. The van der Waals surface area contributed by atoms with Crippen molar-refractivity contribution in [2.45, 2.75) is 19.0 Å². The molecule has 1 fully saturated rings. The predicted octanol–water partition coefficient (Wildman–Crippen LogP) is 3.52. The molecule has 1 unspecified atom stereocenters. The lowest BCUT2D eigenvalue weighted by atomic mass is 10.0. The van der Waals surface area contributed by atoms with E-state index in [1.807, 2.05) is 51.9 Å². The largest absolute Gasteiger partial charge is 0.497 e. The third kappa shape index (κ3) is 4.70. The Morgan fingerprint density at radius 3 is 2.61 bits per heavy atom. The fourth-order valence-corrected chi connectivity index (χ4v) is 4.24. The molecule has 0 bridgehead atoms. The van der Waals surface area contributed by atoms with E-state index in [0.29, 0.717) is 17.7 Å². The van der Waals surface area contributed by atoms with Crippen LogP contribution in [-0.2, 0) is 11.3 Å². The molecule has 0 radical (unpaired) electrons. The van der Waals surface area contributed by atoms with Gasteiger partial charge in [0.15, 0.2) is 10.6 Å². The summed E-state index contributed by atoms with van der Waals surface area (Å²) < 4.78 is 7.63. The lowest BCUT2D eigenvalue weighted by molar-refractivity contribution is -0.136. The number of nitrogens with one attached hydrogen (secondary N) is 1. The van der Waals surface area contributed by atoms with Gasteiger partial charge in [-0.1, -0.05) is 30.3 Å². The van der Waals surface area contributed by atoms with E-state index in [4.69, 9.17) is 17.0 Å². The second-order valence-corrected chi connectivity index (χ2v) is 8.15. The standard InChI is InChI=1S/C23H27N5O2S/c1-26-14-15-27(20(16-26)17-6-4-3-5-7-17)21(29)12-13-28-22(24-25-23(28)31)18-8-10-19(30-2)11-9-18/h3-11,20H,12-16H2,1-2H3,(H,25,31). The van der Waals surface area contributed by atoms with Crippen molar-refractivity contribution in [2.24, 2.45) is 0 Å². The topological polar surface area (TPSA) is 66.4 Å². The second-order valence-electron chi connectivity index (χ2n) is 7.76. The fraction of sp³-hybridized carbons (Fsp3) is 0.348. The van der Waals surface area contributed by atoms with E-state index in [1.165, 1.54) is 5.56 Å². The van der Waals surface area contributed by atoms with E-state index in [9.17, 15) is 4.79 Å². The average Bonchev–Trinajstić information content (AvgIpc) is 3.18. The molecule has 1 amide bonds. The average molecular weight is 438 g/mol. The number of amides is 1. The first-order valence-corrected chi connectivity index (χ1v) is 10.8. The minimum atomic E-state index is 0.0610. The molecular weight excluding hydrogens is 410 g/mol. The summed E-state index contributed by atoms with van der Waals surface area (Å²) in [4.78, 5) is 17.5. The predicted molar refractivity (Wildman–Crippen MR) is 122 cm³/mol. The first kappa shape index (κ1) is 21.3. The Kier molecular flexibility index (Phi) is 6.48. The normalized spacial score (nSPS) is 17.0. The molecule has 2 aromatic carbocycles. The van der Waals surface area contributed by atoms with Gasteiger partial charge < -0.3 is 14.5 Å². The summed E-state index contributed by atoms with van der Waals surface area (Å²) in [7, 11) is 3.74. The van der Waals surface area contributed by atoms with Crippen molar-refractivity contribution in [1.82, 2.24) is 24.6 Å². The van der Waals surface area contributed by atoms with Gasteiger partial charge in [-0.25, -0.2) is 0 Å². The van der Waals surface area contributed by atoms with Crippen LogP contribution in [0.25, 0.3) is 11.4 Å². The fourth-order valence-electron chi connectivity index (χ4n) is 4.02. The van der Waals surface area contributed by atoms with Crippen LogP contribution in [0, 0.1) is 4.77 Å². The van der Waals surface area contributed by atoms with Gasteiger partial charge >= 0.3 is 0 Å². The summed E-state index contributed by atoms with van der Waals surface area (Å²) in [5.41, 5.74) is 2.09. The smallest absolute Gasteiger partial charge is 0.224 e. The maximum Gasteiger partial charge on any atom is 0.224 e. The van der Waals surface area contributed by atoms with E-state index < -0.39 is 0 Å². The highest BCUT2D eigenvalue weighted by molar-refractivity contribution is 7.71. The van der Waals surface area contributed by atoms with Crippen LogP contribution in [-0.4, -0.2) is 64.3 Å². The zero-order chi connectivity index (χ0) is 21.8. The van der Waals surface area contributed by atoms with Crippen molar-refractivity contribution < 1.29 is 9.53 Å². The number of ether oxygens (including phenoxy) is 1. The first-order chi connectivity index (χ1) is 15.1. The van der Waals surface area contributed by atoms with Crippen LogP contribution >= 0.6 is 12.2 Å². The zero-order valence-electron chi connectivity index (χ0n) is 17.8. The third-order valence-electron chi connectivity index (χ3n) is 5.74. The number of aromatic nitrogens is 3. The monoisotopic (exact) mass is 437 g/mol. The van der Waals surface area contributed by atoms with Gasteiger partial charge in [-0.2, -0.15) is 5.10 Å². The quantitative estimate of drug-likeness (QED) is 0.598. The summed E-state index contributed by atoms with van der Waals surface area (Å²) in [6.45, 7) is 2.90. The Morgan fingerprint density at radius 1 is 1.16 bits per heavy atom. The van der Waals surface area contributed by atoms with Crippen LogP contribution < -0.4 is 4.74 Å². The maximum absolute atomic E-state index is 13.2. The minimum absolute atomic E-state index is 0.0610. The molecule has 1 aliphatic heterocycles. The lowest BCUT2D eigenvalue weighted by Crippen LogP contribution is -2.49. The van der Waals surface area contributed by atoms with Crippen LogP contribution in [0.2, 0.25) is 0 Å². The zero-order valence-corrected chi connectivity index (χ0v) is 18.6. The highest BCUT2D eigenvalue weighted by Crippen LogP contribution is 2.26. The van der Waals surface area contributed by atoms with Crippen LogP contribution in [0.1, 0.15) is 18.0 Å². The maximum atomic E-state index is 13.2. The molecule has 3 aromatic rings. The summed E-state index contributed by atoms with van der Waals surface area (Å²) in [6.07, 6.45) is 0.365. The van der Waals surface area contributed by atoms with E-state index in [0.717, 1.165) is 36.8 Å². The van der Waals surface area contributed by atoms with Crippen LogP contribution in [0.3, 0.4) is 0 Å². The lowest BCUT2D eigenvalue weighted by Gasteiger charge is -2.40. The van der Waals surface area contributed by atoms with Crippen LogP contribution in [0.15, 0.2) is 54.6 Å². The SMILES string of the molecule is COc1ccc(-c2n[nH]c(=S)n2CCC(=O)N2CCN(C)CC2c2ccccc2)cc1. The molecule has 4 rings (SSSR count). The van der Waals surface area contributed by atoms with Crippen molar-refractivity contribution >= 4 is 18.1 Å². The number of aromatic amines is 1. The second kappa shape index (κ2) is 9.45. The molecular formula is C23H27N5O2S. The number of carbonyl (C=O) groups excluding carboxylic acids is 1. The number of piperazine rings is 1. The molecule has 7 nitrogen and oxygen atoms in total. The summed E-state index contributed by atoms with van der Waals surface area (Å²) >= 11 is 5.43. The Hall–Kier alpha value is -2.97. The van der Waals surface area contributed by atoms with E-state index in [2.05, 4.69) is 34.3 Å². The summed E-state index contributed by atoms with van der Waals surface area (Å²) in [5.74, 6) is 1.63. The van der Waals surface area contributed by atoms with Gasteiger partial charge in [0.05, 0.1) is 13.2 Å². The molecule has 1 saturated heterocycles. The van der Waals surface area contributed by atoms with Crippen molar-refractivity contribution in [2.75, 3.05) is 33.8 Å². The number of benzene rings is 2. The van der Waals surface area contributed by atoms with Crippen LogP contribution in [0.4, 0.5) is 0 Å². The van der Waals surface area contributed by atoms with Gasteiger partial charge in [-0.3, -0.25) is 14.5 Å². The van der Waals surface area contributed by atoms with Gasteiger partial charge in [0.25, 0.3) is 0 Å². The van der Waals surface area contributed by atoms with Crippen molar-refractivity contribution in [3.8, 4) is 17.1 Å². The van der Waals surface area contributed by atoms with E-state index in [1.54, 1.807) is 7.11 Å². The molecule has 1 aliphatic rings. The number of rotatable bonds is 6. The van der Waals surface area contributed by atoms with Crippen LogP contribution in [0.5, 0.6) is 5.75 Å². The number of nitrogens with zero attached hydrogens (tertiary/aromatic N) is 4. The Balaban J connectivity index is 1.50. The number of likely N-dealkylation sites (N-methyl/N-ethyl adjacent to an activating group) is 1. The molecule has 162 valence electrons. The molecule has 31 heavy (non-hydrogen) atoms. The minimum Gasteiger partial charge on any atom is -0.497 e. The van der Waals surface area contributed by atoms with Gasteiger partial charge in [0, 0.05) is 38.2 Å². The van der Waals surface area contributed by atoms with Crippen molar-refractivity contribution in [3.63, 3.8) is 0 Å². The van der Waals surface area contributed by atoms with E-state index in [-0.39, 0.29) is 11.9 Å². The van der Waals surface area contributed by atoms with Crippen molar-refractivity contribution in [1.29, 1.82) is 0 Å². The number of H-pyrrole nitrogens is 1. The summed E-state index contributed by atoms with van der Waals surface area (Å²) in [5, 5.41) is 7.24. The number of hydrogen-bond acceptors (Lipinski definition) is 5. The Labute approximate surface area is 187 Å². The summed E-state index contributed by atoms with van der Waals surface area (Å²) in [6, 6.07) is 18.0. The van der Waals surface area contributed by atoms with E-state index >= 15 is 0 Å². The molecule has 1 atom stereocenters. The highest BCUT2D eigenvalue weighted by Gasteiger charge is 2.30. The molecule has 0 saturated carbocycles. The number of methoxy groups -OCH3 is 1. The van der Waals surface area contributed by atoms with Gasteiger partial charge in [-0.05, 0) is 49.1 Å². The van der Waals surface area contributed by atoms with Gasteiger partial charge in [0.1, 0.15) is 5.75 Å². The Bertz CT molecular complexity index is 1080. The Morgan fingerprint density at radius 2 is 1.90 bits per heavy atom. The molecule has 0 spiro atoms.